The van der Waals surface area contributed by atoms with E-state index in [0.717, 1.165) is 16.7 Å². The predicted octanol–water partition coefficient (Wildman–Crippen LogP) is 5.30. The lowest BCUT2D eigenvalue weighted by Crippen LogP contribution is -2.40. The van der Waals surface area contributed by atoms with Crippen LogP contribution in [0.1, 0.15) is 23.6 Å². The van der Waals surface area contributed by atoms with E-state index in [2.05, 4.69) is 5.32 Å². The van der Waals surface area contributed by atoms with Crippen molar-refractivity contribution in [2.45, 2.75) is 33.0 Å². The quantitative estimate of drug-likeness (QED) is 0.226. The van der Waals surface area contributed by atoms with Crippen molar-refractivity contribution in [1.82, 2.24) is 4.90 Å². The molecule has 41 heavy (non-hydrogen) atoms. The largest absolute Gasteiger partial charge is 0.495 e. The second kappa shape index (κ2) is 16.2. The van der Waals surface area contributed by atoms with Gasteiger partial charge in [-0.1, -0.05) is 30.3 Å². The Morgan fingerprint density at radius 3 is 2.32 bits per heavy atom. The molecular weight excluding hydrogens is 531 g/mol. The lowest BCUT2D eigenvalue weighted by atomic mass is 10.1. The lowest BCUT2D eigenvalue weighted by molar-refractivity contribution is -0.149. The van der Waals surface area contributed by atoms with Crippen LogP contribution in [-0.4, -0.2) is 68.1 Å². The Bertz CT molecular complexity index is 1250. The summed E-state index contributed by atoms with van der Waals surface area (Å²) in [4.78, 5) is 26.2. The third kappa shape index (κ3) is 10.4. The van der Waals surface area contributed by atoms with E-state index >= 15 is 0 Å². The molecule has 0 heterocycles. The number of carbonyl (C=O) groups excluding carboxylic acids is 1. The smallest absolute Gasteiger partial charge is 0.333 e. The Labute approximate surface area is 239 Å². The molecule has 0 radical (unpaired) electrons. The fourth-order valence-electron chi connectivity index (χ4n) is 4.00. The molecule has 2 amide bonds. The van der Waals surface area contributed by atoms with E-state index in [1.807, 2.05) is 19.1 Å². The van der Waals surface area contributed by atoms with Gasteiger partial charge in [-0.15, -0.1) is 0 Å². The zero-order chi connectivity index (χ0) is 29.6. The molecule has 0 aliphatic rings. The highest BCUT2D eigenvalue weighted by atomic mass is 19.1. The number of carboxylic acid groups (broad SMARTS) is 1. The summed E-state index contributed by atoms with van der Waals surface area (Å²) in [7, 11) is 1.54. The lowest BCUT2D eigenvalue weighted by Gasteiger charge is -2.24. The van der Waals surface area contributed by atoms with Crippen LogP contribution in [0, 0.1) is 12.7 Å². The van der Waals surface area contributed by atoms with E-state index in [-0.39, 0.29) is 51.2 Å². The van der Waals surface area contributed by atoms with E-state index in [1.165, 1.54) is 12.1 Å². The number of hydrogen-bond donors (Lipinski definition) is 2. The van der Waals surface area contributed by atoms with Gasteiger partial charge in [-0.25, -0.2) is 14.0 Å². The third-order valence-electron chi connectivity index (χ3n) is 6.19. The molecule has 0 aliphatic carbocycles. The summed E-state index contributed by atoms with van der Waals surface area (Å²) in [6.07, 6.45) is -0.659. The maximum atomic E-state index is 13.2. The van der Waals surface area contributed by atoms with Crippen LogP contribution >= 0.6 is 0 Å². The van der Waals surface area contributed by atoms with Crippen LogP contribution in [0.25, 0.3) is 0 Å². The van der Waals surface area contributed by atoms with Gasteiger partial charge in [-0.05, 0) is 66.9 Å². The van der Waals surface area contributed by atoms with Crippen molar-refractivity contribution in [1.29, 1.82) is 0 Å². The van der Waals surface area contributed by atoms with Crippen molar-refractivity contribution in [2.24, 2.45) is 0 Å². The number of methoxy groups -OCH3 is 1. The molecule has 1 atom stereocenters. The number of aryl methyl sites for hydroxylation is 1. The number of halogens is 1. The predicted molar refractivity (Wildman–Crippen MR) is 153 cm³/mol. The van der Waals surface area contributed by atoms with E-state index in [0.29, 0.717) is 23.8 Å². The van der Waals surface area contributed by atoms with Crippen LogP contribution in [0.2, 0.25) is 0 Å². The number of urea groups is 1. The normalized spacial score (nSPS) is 11.5. The standard InChI is InChI=1S/C31H37FN2O7/c1-4-40-29(30(35)36)20-23-8-12-26(13-9-23)41-18-16-34(15-17-39-21-24-6-10-25(32)11-7-24)31(37)33-27-19-22(2)5-14-28(27)38-3/h5-14,19,29H,4,15-18,20-21H2,1-3H3,(H,33,37)(H,35,36). The van der Waals surface area contributed by atoms with Crippen LogP contribution in [0.3, 0.4) is 0 Å². The maximum Gasteiger partial charge on any atom is 0.333 e. The Hall–Kier alpha value is -4.15. The molecule has 220 valence electrons. The minimum Gasteiger partial charge on any atom is -0.495 e. The van der Waals surface area contributed by atoms with Gasteiger partial charge in [-0.2, -0.15) is 0 Å². The first-order valence-corrected chi connectivity index (χ1v) is 13.4. The molecule has 1 unspecified atom stereocenters. The molecule has 0 spiro atoms. The first-order chi connectivity index (χ1) is 19.8. The Morgan fingerprint density at radius 2 is 1.66 bits per heavy atom. The molecule has 9 nitrogen and oxygen atoms in total. The van der Waals surface area contributed by atoms with Crippen LogP contribution in [0.4, 0.5) is 14.9 Å². The number of hydrogen-bond acceptors (Lipinski definition) is 6. The summed E-state index contributed by atoms with van der Waals surface area (Å²) in [5.41, 5.74) is 3.16. The summed E-state index contributed by atoms with van der Waals surface area (Å²) in [6.45, 7) is 5.32. The first-order valence-electron chi connectivity index (χ1n) is 13.4. The van der Waals surface area contributed by atoms with E-state index in [1.54, 1.807) is 61.4 Å². The number of amides is 2. The number of benzene rings is 3. The summed E-state index contributed by atoms with van der Waals surface area (Å²) >= 11 is 0. The molecule has 10 heteroatoms. The minimum absolute atomic E-state index is 0.215. The van der Waals surface area contributed by atoms with Crippen molar-refractivity contribution in [2.75, 3.05) is 45.3 Å². The number of nitrogens with one attached hydrogen (secondary N) is 1. The fourth-order valence-corrected chi connectivity index (χ4v) is 4.00. The maximum absolute atomic E-state index is 13.2. The molecule has 0 aliphatic heterocycles. The Morgan fingerprint density at radius 1 is 0.976 bits per heavy atom. The molecule has 0 bridgehead atoms. The van der Waals surface area contributed by atoms with Crippen molar-refractivity contribution < 1.29 is 38.0 Å². The summed E-state index contributed by atoms with van der Waals surface area (Å²) in [5.74, 6) is -0.184. The van der Waals surface area contributed by atoms with Gasteiger partial charge in [0.2, 0.25) is 0 Å². The molecule has 0 saturated carbocycles. The van der Waals surface area contributed by atoms with Gasteiger partial charge in [0, 0.05) is 19.6 Å². The summed E-state index contributed by atoms with van der Waals surface area (Å²) in [5, 5.41) is 12.2. The van der Waals surface area contributed by atoms with Gasteiger partial charge < -0.3 is 34.3 Å². The van der Waals surface area contributed by atoms with Crippen molar-refractivity contribution in [3.63, 3.8) is 0 Å². The zero-order valence-corrected chi connectivity index (χ0v) is 23.6. The van der Waals surface area contributed by atoms with Crippen molar-refractivity contribution >= 4 is 17.7 Å². The van der Waals surface area contributed by atoms with Crippen LogP contribution in [0.5, 0.6) is 11.5 Å². The molecule has 0 saturated heterocycles. The number of carbonyl (C=O) groups is 2. The molecule has 0 fully saturated rings. The van der Waals surface area contributed by atoms with Gasteiger partial charge in [0.15, 0.2) is 6.10 Å². The molecule has 3 aromatic rings. The Kier molecular flexibility index (Phi) is 12.4. The second-order valence-electron chi connectivity index (χ2n) is 9.28. The van der Waals surface area contributed by atoms with Crippen molar-refractivity contribution in [3.8, 4) is 11.5 Å². The number of anilines is 1. The number of aliphatic carboxylic acids is 1. The van der Waals surface area contributed by atoms with Crippen molar-refractivity contribution in [3.05, 3.63) is 89.2 Å². The second-order valence-corrected chi connectivity index (χ2v) is 9.28. The number of carboxylic acids is 1. The molecule has 3 aromatic carbocycles. The zero-order valence-electron chi connectivity index (χ0n) is 23.6. The average molecular weight is 569 g/mol. The van der Waals surface area contributed by atoms with Crippen LogP contribution in [0.15, 0.2) is 66.7 Å². The highest BCUT2D eigenvalue weighted by Crippen LogP contribution is 2.25. The minimum atomic E-state index is -1.00. The van der Waals surface area contributed by atoms with Crippen LogP contribution in [-0.2, 0) is 27.3 Å². The van der Waals surface area contributed by atoms with Gasteiger partial charge in [0.1, 0.15) is 23.9 Å². The van der Waals surface area contributed by atoms with Gasteiger partial charge in [0.25, 0.3) is 0 Å². The van der Waals surface area contributed by atoms with E-state index in [9.17, 15) is 19.1 Å². The summed E-state index contributed by atoms with van der Waals surface area (Å²) in [6, 6.07) is 18.3. The molecule has 2 N–H and O–H groups in total. The monoisotopic (exact) mass is 568 g/mol. The molecule has 3 rings (SSSR count). The Balaban J connectivity index is 1.59. The van der Waals surface area contributed by atoms with Gasteiger partial charge in [-0.3, -0.25) is 0 Å². The number of rotatable bonds is 16. The SMILES string of the molecule is CCOC(Cc1ccc(OCCN(CCOCc2ccc(F)cc2)C(=O)Nc2cc(C)ccc2OC)cc1)C(=O)O. The molecular formula is C31H37FN2O7. The molecule has 0 aromatic heterocycles. The van der Waals surface area contributed by atoms with Gasteiger partial charge in [0.05, 0.1) is 32.6 Å². The highest BCUT2D eigenvalue weighted by molar-refractivity contribution is 5.91. The van der Waals surface area contributed by atoms with E-state index < -0.39 is 12.1 Å². The first kappa shape index (κ1) is 31.4. The summed E-state index contributed by atoms with van der Waals surface area (Å²) < 4.78 is 35.4. The fraction of sp³-hybridized carbons (Fsp3) is 0.355. The van der Waals surface area contributed by atoms with E-state index in [4.69, 9.17) is 18.9 Å². The van der Waals surface area contributed by atoms with Crippen LogP contribution < -0.4 is 14.8 Å². The third-order valence-corrected chi connectivity index (χ3v) is 6.19. The highest BCUT2D eigenvalue weighted by Gasteiger charge is 2.18. The topological polar surface area (TPSA) is 107 Å². The number of nitrogens with zero attached hydrogens (tertiary/aromatic N) is 1. The average Bonchev–Trinajstić information content (AvgIpc) is 2.96. The number of ether oxygens (including phenoxy) is 4. The van der Waals surface area contributed by atoms with Gasteiger partial charge >= 0.3 is 12.0 Å².